The van der Waals surface area contributed by atoms with Crippen LogP contribution in [0.2, 0.25) is 0 Å². The molecule has 13 heavy (non-hydrogen) atoms. The van der Waals surface area contributed by atoms with Gasteiger partial charge in [-0.15, -0.1) is 11.3 Å². The molecule has 0 saturated heterocycles. The molecular weight excluding hydrogens is 184 g/mol. The van der Waals surface area contributed by atoms with E-state index < -0.39 is 0 Å². The van der Waals surface area contributed by atoms with E-state index in [0.717, 1.165) is 0 Å². The first kappa shape index (κ1) is 9.99. The Labute approximate surface area is 81.8 Å². The van der Waals surface area contributed by atoms with Gasteiger partial charge in [0.25, 0.3) is 0 Å². The molecule has 3 heteroatoms. The zero-order valence-electron chi connectivity index (χ0n) is 7.69. The van der Waals surface area contributed by atoms with Gasteiger partial charge in [0.2, 0.25) is 0 Å². The molecule has 0 aliphatic carbocycles. The van der Waals surface area contributed by atoms with Gasteiger partial charge in [-0.3, -0.25) is 4.79 Å². The highest BCUT2D eigenvalue weighted by molar-refractivity contribution is 7.10. The van der Waals surface area contributed by atoms with Gasteiger partial charge < -0.3 is 4.74 Å². The average Bonchev–Trinajstić information content (AvgIpc) is 2.51. The molecule has 0 spiro atoms. The third-order valence-corrected chi connectivity index (χ3v) is 2.26. The predicted molar refractivity (Wildman–Crippen MR) is 54.6 cm³/mol. The van der Waals surface area contributed by atoms with Gasteiger partial charge in [-0.1, -0.05) is 6.07 Å². The number of esters is 1. The quantitative estimate of drug-likeness (QED) is 0.695. The maximum Gasteiger partial charge on any atom is 0.303 e. The molecule has 2 nitrogen and oxygen atoms in total. The topological polar surface area (TPSA) is 26.3 Å². The lowest BCUT2D eigenvalue weighted by atomic mass is 10.3. The molecule has 1 heterocycles. The molecule has 0 bridgehead atoms. The second-order valence-corrected chi connectivity index (χ2v) is 3.67. The number of ether oxygens (including phenoxy) is 1. The van der Waals surface area contributed by atoms with E-state index in [-0.39, 0.29) is 12.1 Å². The highest BCUT2D eigenvalue weighted by Crippen LogP contribution is 2.11. The van der Waals surface area contributed by atoms with E-state index in [0.29, 0.717) is 0 Å². The molecule has 0 radical (unpaired) electrons. The van der Waals surface area contributed by atoms with Crippen LogP contribution in [0.25, 0.3) is 6.08 Å². The van der Waals surface area contributed by atoms with Crippen LogP contribution in [0.15, 0.2) is 23.6 Å². The first-order valence-corrected chi connectivity index (χ1v) is 4.95. The second-order valence-electron chi connectivity index (χ2n) is 2.69. The van der Waals surface area contributed by atoms with Crippen molar-refractivity contribution in [1.29, 1.82) is 0 Å². The molecule has 0 amide bonds. The Morgan fingerprint density at radius 1 is 1.69 bits per heavy atom. The molecule has 0 unspecified atom stereocenters. The fourth-order valence-corrected chi connectivity index (χ4v) is 1.55. The number of thiophene rings is 1. The smallest absolute Gasteiger partial charge is 0.303 e. The largest absolute Gasteiger partial charge is 0.459 e. The van der Waals surface area contributed by atoms with Gasteiger partial charge in [0.05, 0.1) is 0 Å². The Bertz CT molecular complexity index is 288. The van der Waals surface area contributed by atoms with E-state index in [9.17, 15) is 4.79 Å². The van der Waals surface area contributed by atoms with Crippen LogP contribution in [0.4, 0.5) is 0 Å². The zero-order chi connectivity index (χ0) is 9.68. The fraction of sp³-hybridized carbons (Fsp3) is 0.300. The van der Waals surface area contributed by atoms with E-state index >= 15 is 0 Å². The summed E-state index contributed by atoms with van der Waals surface area (Å²) < 4.78 is 4.93. The lowest BCUT2D eigenvalue weighted by molar-refractivity contribution is -0.143. The van der Waals surface area contributed by atoms with Crippen LogP contribution in [0.5, 0.6) is 0 Å². The Kier molecular flexibility index (Phi) is 3.71. The van der Waals surface area contributed by atoms with Gasteiger partial charge >= 0.3 is 5.97 Å². The highest BCUT2D eigenvalue weighted by atomic mass is 32.1. The van der Waals surface area contributed by atoms with E-state index in [1.807, 2.05) is 36.6 Å². The van der Waals surface area contributed by atoms with Gasteiger partial charge in [-0.05, 0) is 30.5 Å². The van der Waals surface area contributed by atoms with Crippen LogP contribution in [-0.4, -0.2) is 12.1 Å². The number of hydrogen-bond donors (Lipinski definition) is 0. The highest BCUT2D eigenvalue weighted by Gasteiger charge is 1.99. The summed E-state index contributed by atoms with van der Waals surface area (Å²) in [6.07, 6.45) is 3.67. The van der Waals surface area contributed by atoms with Crippen LogP contribution < -0.4 is 0 Å². The summed E-state index contributed by atoms with van der Waals surface area (Å²) in [6, 6.07) is 4.00. The van der Waals surface area contributed by atoms with E-state index in [2.05, 4.69) is 0 Å². The van der Waals surface area contributed by atoms with Crippen molar-refractivity contribution in [3.63, 3.8) is 0 Å². The molecule has 70 valence electrons. The van der Waals surface area contributed by atoms with Crippen molar-refractivity contribution in [2.75, 3.05) is 0 Å². The average molecular weight is 196 g/mol. The molecule has 1 aromatic heterocycles. The summed E-state index contributed by atoms with van der Waals surface area (Å²) in [4.78, 5) is 11.7. The van der Waals surface area contributed by atoms with Crippen molar-refractivity contribution in [1.82, 2.24) is 0 Å². The van der Waals surface area contributed by atoms with E-state index in [1.165, 1.54) is 11.8 Å². The van der Waals surface area contributed by atoms with Crippen LogP contribution in [0.1, 0.15) is 18.7 Å². The third-order valence-electron chi connectivity index (χ3n) is 1.43. The maximum atomic E-state index is 10.6. The van der Waals surface area contributed by atoms with Crippen molar-refractivity contribution < 1.29 is 9.53 Å². The number of hydrogen-bond acceptors (Lipinski definition) is 3. The van der Waals surface area contributed by atoms with Crippen molar-refractivity contribution >= 4 is 23.4 Å². The normalized spacial score (nSPS) is 13.1. The molecule has 0 saturated carbocycles. The summed E-state index contributed by atoms with van der Waals surface area (Å²) in [5, 5.41) is 2.01. The Balaban J connectivity index is 2.44. The lowest BCUT2D eigenvalue weighted by Crippen LogP contribution is -2.08. The van der Waals surface area contributed by atoms with Gasteiger partial charge in [0.1, 0.15) is 6.10 Å². The molecule has 0 aromatic carbocycles. The summed E-state index contributed by atoms with van der Waals surface area (Å²) in [6.45, 7) is 3.25. The third kappa shape index (κ3) is 3.90. The van der Waals surface area contributed by atoms with Crippen LogP contribution in [-0.2, 0) is 9.53 Å². The van der Waals surface area contributed by atoms with Crippen molar-refractivity contribution in [2.24, 2.45) is 0 Å². The SMILES string of the molecule is CC(=O)O[C@H](C)/C=C/c1cccs1. The minimum atomic E-state index is -0.247. The summed E-state index contributed by atoms with van der Waals surface area (Å²) in [5.74, 6) is -0.247. The maximum absolute atomic E-state index is 10.6. The summed E-state index contributed by atoms with van der Waals surface area (Å²) in [7, 11) is 0. The zero-order valence-corrected chi connectivity index (χ0v) is 8.51. The fourth-order valence-electron chi connectivity index (χ4n) is 0.918. The summed E-state index contributed by atoms with van der Waals surface area (Å²) >= 11 is 1.66. The van der Waals surface area contributed by atoms with E-state index in [1.54, 1.807) is 11.3 Å². The van der Waals surface area contributed by atoms with Crippen LogP contribution in [0, 0.1) is 0 Å². The minimum Gasteiger partial charge on any atom is -0.459 e. The van der Waals surface area contributed by atoms with Crippen LogP contribution in [0.3, 0.4) is 0 Å². The Hall–Kier alpha value is -1.09. The van der Waals surface area contributed by atoms with Crippen molar-refractivity contribution in [2.45, 2.75) is 20.0 Å². The predicted octanol–water partition coefficient (Wildman–Crippen LogP) is 2.71. The molecule has 1 rings (SSSR count). The van der Waals surface area contributed by atoms with Crippen molar-refractivity contribution in [3.8, 4) is 0 Å². The van der Waals surface area contributed by atoms with Gasteiger partial charge in [0, 0.05) is 11.8 Å². The van der Waals surface area contributed by atoms with Crippen molar-refractivity contribution in [3.05, 3.63) is 28.5 Å². The Morgan fingerprint density at radius 2 is 2.46 bits per heavy atom. The monoisotopic (exact) mass is 196 g/mol. The van der Waals surface area contributed by atoms with Gasteiger partial charge in [-0.25, -0.2) is 0 Å². The molecule has 1 atom stereocenters. The Morgan fingerprint density at radius 3 is 3.00 bits per heavy atom. The lowest BCUT2D eigenvalue weighted by Gasteiger charge is -2.05. The number of carbonyl (C=O) groups is 1. The molecule has 0 aliphatic rings. The second kappa shape index (κ2) is 4.82. The number of carbonyl (C=O) groups excluding carboxylic acids is 1. The molecule has 0 fully saturated rings. The molecular formula is C10H12O2S. The molecule has 0 N–H and O–H groups in total. The van der Waals surface area contributed by atoms with Crippen LogP contribution >= 0.6 is 11.3 Å². The molecule has 0 aliphatic heterocycles. The minimum absolute atomic E-state index is 0.153. The first-order chi connectivity index (χ1) is 6.18. The summed E-state index contributed by atoms with van der Waals surface area (Å²) in [5.41, 5.74) is 0. The van der Waals surface area contributed by atoms with E-state index in [4.69, 9.17) is 4.74 Å². The van der Waals surface area contributed by atoms with Gasteiger partial charge in [0.15, 0.2) is 0 Å². The number of rotatable bonds is 3. The first-order valence-electron chi connectivity index (χ1n) is 4.07. The van der Waals surface area contributed by atoms with Gasteiger partial charge in [-0.2, -0.15) is 0 Å². The molecule has 1 aromatic rings. The standard InChI is InChI=1S/C10H12O2S/c1-8(12-9(2)11)5-6-10-4-3-7-13-10/h3-8H,1-2H3/b6-5+/t8-/m1/s1.